The second-order valence-corrected chi connectivity index (χ2v) is 6.47. The number of rotatable bonds is 6. The molecule has 0 atom stereocenters. The summed E-state index contributed by atoms with van der Waals surface area (Å²) in [6, 6.07) is 14.9. The fraction of sp³-hybridized carbons (Fsp3) is 0.250. The van der Waals surface area contributed by atoms with Gasteiger partial charge in [0.05, 0.1) is 12.8 Å². The summed E-state index contributed by atoms with van der Waals surface area (Å²) in [7, 11) is 1.63. The number of nitrogens with zero attached hydrogens (tertiary/aromatic N) is 4. The molecule has 7 heteroatoms. The molecule has 3 aromatic rings. The Kier molecular flexibility index (Phi) is 5.76. The van der Waals surface area contributed by atoms with Crippen molar-refractivity contribution in [3.63, 3.8) is 0 Å². The van der Waals surface area contributed by atoms with E-state index in [1.165, 1.54) is 0 Å². The number of ether oxygens (including phenoxy) is 1. The summed E-state index contributed by atoms with van der Waals surface area (Å²) >= 11 is 5.94. The molecule has 0 bridgehead atoms. The van der Waals surface area contributed by atoms with Gasteiger partial charge in [-0.3, -0.25) is 4.79 Å². The van der Waals surface area contributed by atoms with Crippen molar-refractivity contribution in [2.45, 2.75) is 20.4 Å². The number of carbonyl (C=O) groups excluding carboxylic acids is 1. The molecule has 0 aliphatic carbocycles. The van der Waals surface area contributed by atoms with Crippen LogP contribution in [0.2, 0.25) is 5.02 Å². The Hall–Kier alpha value is -2.86. The van der Waals surface area contributed by atoms with E-state index in [0.29, 0.717) is 23.9 Å². The molecule has 0 aliphatic rings. The Balaban J connectivity index is 1.80. The van der Waals surface area contributed by atoms with Gasteiger partial charge in [-0.1, -0.05) is 23.7 Å². The first kappa shape index (κ1) is 18.9. The minimum Gasteiger partial charge on any atom is -0.497 e. The van der Waals surface area contributed by atoms with Crippen molar-refractivity contribution in [1.82, 2.24) is 19.7 Å². The van der Waals surface area contributed by atoms with Crippen LogP contribution in [0.15, 0.2) is 48.5 Å². The molecule has 0 aliphatic heterocycles. The van der Waals surface area contributed by atoms with Gasteiger partial charge in [0.25, 0.3) is 5.91 Å². The molecular formula is C20H21ClN4O2. The summed E-state index contributed by atoms with van der Waals surface area (Å²) in [5.41, 5.74) is 1.82. The summed E-state index contributed by atoms with van der Waals surface area (Å²) in [6.07, 6.45) is 0. The van der Waals surface area contributed by atoms with Crippen LogP contribution in [0.1, 0.15) is 28.9 Å². The third-order valence-electron chi connectivity index (χ3n) is 4.23. The van der Waals surface area contributed by atoms with Gasteiger partial charge in [-0.15, -0.1) is 5.10 Å². The molecule has 1 heterocycles. The average molecular weight is 385 g/mol. The Labute approximate surface area is 163 Å². The maximum absolute atomic E-state index is 12.9. The van der Waals surface area contributed by atoms with E-state index < -0.39 is 0 Å². The molecule has 140 valence electrons. The van der Waals surface area contributed by atoms with E-state index >= 15 is 0 Å². The van der Waals surface area contributed by atoms with E-state index in [1.807, 2.05) is 50.2 Å². The maximum Gasteiger partial charge on any atom is 0.293 e. The molecule has 27 heavy (non-hydrogen) atoms. The number of hydrogen-bond donors (Lipinski definition) is 0. The first-order valence-corrected chi connectivity index (χ1v) is 9.01. The highest BCUT2D eigenvalue weighted by Gasteiger charge is 2.21. The Morgan fingerprint density at radius 3 is 2.41 bits per heavy atom. The lowest BCUT2D eigenvalue weighted by atomic mass is 10.2. The summed E-state index contributed by atoms with van der Waals surface area (Å²) in [6.45, 7) is 4.79. The van der Waals surface area contributed by atoms with E-state index in [1.54, 1.807) is 28.8 Å². The van der Waals surface area contributed by atoms with Crippen molar-refractivity contribution >= 4 is 17.5 Å². The number of carbonyl (C=O) groups is 1. The zero-order valence-electron chi connectivity index (χ0n) is 15.5. The number of halogens is 1. The fourth-order valence-corrected chi connectivity index (χ4v) is 2.85. The van der Waals surface area contributed by atoms with E-state index in [-0.39, 0.29) is 11.7 Å². The van der Waals surface area contributed by atoms with Gasteiger partial charge in [0, 0.05) is 18.1 Å². The third kappa shape index (κ3) is 4.28. The topological polar surface area (TPSA) is 60.2 Å². The number of benzene rings is 2. The van der Waals surface area contributed by atoms with Gasteiger partial charge in [0.15, 0.2) is 0 Å². The number of aromatic nitrogens is 3. The van der Waals surface area contributed by atoms with Crippen LogP contribution in [0.3, 0.4) is 0 Å². The Morgan fingerprint density at radius 2 is 1.81 bits per heavy atom. The zero-order valence-corrected chi connectivity index (χ0v) is 16.3. The van der Waals surface area contributed by atoms with E-state index in [0.717, 1.165) is 17.0 Å². The molecular weight excluding hydrogens is 364 g/mol. The van der Waals surface area contributed by atoms with Crippen LogP contribution in [0.4, 0.5) is 0 Å². The zero-order chi connectivity index (χ0) is 19.4. The normalized spacial score (nSPS) is 10.7. The summed E-state index contributed by atoms with van der Waals surface area (Å²) in [5, 5.41) is 5.04. The summed E-state index contributed by atoms with van der Waals surface area (Å²) < 4.78 is 6.81. The smallest absolute Gasteiger partial charge is 0.293 e. The molecule has 1 amide bonds. The van der Waals surface area contributed by atoms with E-state index in [9.17, 15) is 4.79 Å². The van der Waals surface area contributed by atoms with Crippen molar-refractivity contribution in [3.05, 3.63) is 70.8 Å². The van der Waals surface area contributed by atoms with Gasteiger partial charge < -0.3 is 9.64 Å². The highest BCUT2D eigenvalue weighted by Crippen LogP contribution is 2.16. The molecule has 0 radical (unpaired) electrons. The summed E-state index contributed by atoms with van der Waals surface area (Å²) in [5.74, 6) is 1.40. The van der Waals surface area contributed by atoms with Crippen molar-refractivity contribution in [2.24, 2.45) is 0 Å². The highest BCUT2D eigenvalue weighted by atomic mass is 35.5. The number of aryl methyl sites for hydroxylation is 1. The minimum absolute atomic E-state index is 0.179. The number of amides is 1. The molecule has 0 saturated heterocycles. The monoisotopic (exact) mass is 384 g/mol. The fourth-order valence-electron chi connectivity index (χ4n) is 2.73. The van der Waals surface area contributed by atoms with Gasteiger partial charge in [-0.2, -0.15) is 0 Å². The van der Waals surface area contributed by atoms with Crippen LogP contribution in [-0.2, 0) is 6.54 Å². The molecule has 1 aromatic heterocycles. The van der Waals surface area contributed by atoms with Crippen molar-refractivity contribution in [1.29, 1.82) is 0 Å². The first-order valence-electron chi connectivity index (χ1n) is 8.63. The van der Waals surface area contributed by atoms with Gasteiger partial charge in [0.2, 0.25) is 5.82 Å². The van der Waals surface area contributed by atoms with Crippen LogP contribution in [0.5, 0.6) is 5.75 Å². The standard InChI is InChI=1S/C20H21ClN4O2/c1-4-24(13-15-5-11-18(27-3)12-6-15)20(26)19-22-14(2)25(23-19)17-9-7-16(21)8-10-17/h5-12H,4,13H2,1-3H3. The molecule has 0 fully saturated rings. The predicted molar refractivity (Wildman–Crippen MR) is 105 cm³/mol. The van der Waals surface area contributed by atoms with E-state index in [2.05, 4.69) is 10.1 Å². The molecule has 6 nitrogen and oxygen atoms in total. The summed E-state index contributed by atoms with van der Waals surface area (Å²) in [4.78, 5) is 19.0. The van der Waals surface area contributed by atoms with Crippen molar-refractivity contribution < 1.29 is 9.53 Å². The number of methoxy groups -OCH3 is 1. The van der Waals surface area contributed by atoms with Crippen LogP contribution < -0.4 is 4.74 Å². The number of hydrogen-bond acceptors (Lipinski definition) is 4. The first-order chi connectivity index (χ1) is 13.0. The van der Waals surface area contributed by atoms with Crippen LogP contribution in [-0.4, -0.2) is 39.2 Å². The van der Waals surface area contributed by atoms with Crippen LogP contribution in [0, 0.1) is 6.92 Å². The quantitative estimate of drug-likeness (QED) is 0.646. The highest BCUT2D eigenvalue weighted by molar-refractivity contribution is 6.30. The van der Waals surface area contributed by atoms with Crippen LogP contribution >= 0.6 is 11.6 Å². The molecule has 0 spiro atoms. The third-order valence-corrected chi connectivity index (χ3v) is 4.48. The predicted octanol–water partition coefficient (Wildman–Crippen LogP) is 3.90. The second kappa shape index (κ2) is 8.22. The SMILES string of the molecule is CCN(Cc1ccc(OC)cc1)C(=O)c1nc(C)n(-c2ccc(Cl)cc2)n1. The molecule has 0 saturated carbocycles. The molecule has 0 N–H and O–H groups in total. The van der Waals surface area contributed by atoms with Gasteiger partial charge in [0.1, 0.15) is 11.6 Å². The average Bonchev–Trinajstić information content (AvgIpc) is 3.08. The Morgan fingerprint density at radius 1 is 1.15 bits per heavy atom. The largest absolute Gasteiger partial charge is 0.497 e. The lowest BCUT2D eigenvalue weighted by Crippen LogP contribution is -2.31. The molecule has 0 unspecified atom stereocenters. The van der Waals surface area contributed by atoms with Crippen molar-refractivity contribution in [2.75, 3.05) is 13.7 Å². The molecule has 2 aromatic carbocycles. The minimum atomic E-state index is -0.205. The lowest BCUT2D eigenvalue weighted by molar-refractivity contribution is 0.0740. The van der Waals surface area contributed by atoms with Gasteiger partial charge >= 0.3 is 0 Å². The Bertz CT molecular complexity index is 920. The van der Waals surface area contributed by atoms with Crippen LogP contribution in [0.25, 0.3) is 5.69 Å². The molecule has 3 rings (SSSR count). The maximum atomic E-state index is 12.9. The lowest BCUT2D eigenvalue weighted by Gasteiger charge is -2.19. The second-order valence-electron chi connectivity index (χ2n) is 6.04. The van der Waals surface area contributed by atoms with Gasteiger partial charge in [-0.25, -0.2) is 9.67 Å². The van der Waals surface area contributed by atoms with E-state index in [4.69, 9.17) is 16.3 Å². The van der Waals surface area contributed by atoms with Crippen molar-refractivity contribution in [3.8, 4) is 11.4 Å². The van der Waals surface area contributed by atoms with Gasteiger partial charge in [-0.05, 0) is 55.8 Å².